The van der Waals surface area contributed by atoms with E-state index in [2.05, 4.69) is 14.7 Å². The molecule has 0 amide bonds. The summed E-state index contributed by atoms with van der Waals surface area (Å²) in [6.07, 6.45) is -2.80. The summed E-state index contributed by atoms with van der Waals surface area (Å²) in [5.41, 5.74) is 6.30. The average molecular weight is 295 g/mol. The van der Waals surface area contributed by atoms with Crippen LogP contribution in [0.15, 0.2) is 30.3 Å². The number of ether oxygens (including phenoxy) is 1. The zero-order valence-corrected chi connectivity index (χ0v) is 10.9. The Bertz CT molecular complexity index is 669. The fourth-order valence-corrected chi connectivity index (χ4v) is 2.04. The molecule has 1 heterocycles. The van der Waals surface area contributed by atoms with Crippen LogP contribution in [0.1, 0.15) is 24.6 Å². The van der Waals surface area contributed by atoms with Crippen molar-refractivity contribution in [3.8, 4) is 17.0 Å². The summed E-state index contributed by atoms with van der Waals surface area (Å²) in [6.45, 7) is 0. The highest BCUT2D eigenvalue weighted by Crippen LogP contribution is 2.40. The Morgan fingerprint density at radius 1 is 1.14 bits per heavy atom. The van der Waals surface area contributed by atoms with Gasteiger partial charge in [-0.25, -0.2) is 9.97 Å². The quantitative estimate of drug-likeness (QED) is 0.941. The molecule has 0 spiro atoms. The van der Waals surface area contributed by atoms with Crippen molar-refractivity contribution >= 4 is 5.82 Å². The van der Waals surface area contributed by atoms with Crippen molar-refractivity contribution in [1.82, 2.24) is 9.97 Å². The molecule has 0 aliphatic heterocycles. The van der Waals surface area contributed by atoms with Gasteiger partial charge in [-0.05, 0) is 25.0 Å². The number of benzene rings is 1. The van der Waals surface area contributed by atoms with Crippen LogP contribution in [0.5, 0.6) is 5.75 Å². The highest BCUT2D eigenvalue weighted by atomic mass is 19.4. The maximum atomic E-state index is 12.5. The largest absolute Gasteiger partial charge is 0.573 e. The second kappa shape index (κ2) is 4.91. The number of para-hydroxylation sites is 1. The van der Waals surface area contributed by atoms with E-state index in [1.807, 2.05) is 0 Å². The molecular weight excluding hydrogens is 283 g/mol. The molecule has 4 nitrogen and oxygen atoms in total. The van der Waals surface area contributed by atoms with Crippen LogP contribution in [0.3, 0.4) is 0 Å². The third kappa shape index (κ3) is 3.24. The lowest BCUT2D eigenvalue weighted by Crippen LogP contribution is -2.17. The Kier molecular flexibility index (Phi) is 3.19. The normalized spacial score (nSPS) is 15.0. The van der Waals surface area contributed by atoms with Crippen LogP contribution in [-0.4, -0.2) is 16.3 Å². The van der Waals surface area contributed by atoms with E-state index in [1.54, 1.807) is 6.07 Å². The van der Waals surface area contributed by atoms with E-state index in [-0.39, 0.29) is 23.0 Å². The second-order valence-corrected chi connectivity index (χ2v) is 4.85. The van der Waals surface area contributed by atoms with Gasteiger partial charge in [0, 0.05) is 17.5 Å². The van der Waals surface area contributed by atoms with Crippen LogP contribution in [0.4, 0.5) is 19.0 Å². The van der Waals surface area contributed by atoms with Crippen molar-refractivity contribution in [2.75, 3.05) is 5.73 Å². The number of halogens is 3. The summed E-state index contributed by atoms with van der Waals surface area (Å²) in [5, 5.41) is 0. The minimum atomic E-state index is -4.76. The standard InChI is InChI=1S/C14H12F3N3O/c15-14(16,17)21-11-4-2-1-3-9(11)10-7-12(18)20-13(19-10)8-5-6-8/h1-4,7-8H,5-6H2,(H2,18,19,20). The molecule has 0 unspecified atom stereocenters. The fourth-order valence-electron chi connectivity index (χ4n) is 2.04. The predicted molar refractivity (Wildman–Crippen MR) is 70.5 cm³/mol. The molecule has 3 rings (SSSR count). The molecule has 0 bridgehead atoms. The number of aromatic nitrogens is 2. The number of rotatable bonds is 3. The van der Waals surface area contributed by atoms with Crippen molar-refractivity contribution in [3.05, 3.63) is 36.2 Å². The second-order valence-electron chi connectivity index (χ2n) is 4.85. The van der Waals surface area contributed by atoms with Gasteiger partial charge in [-0.2, -0.15) is 0 Å². The van der Waals surface area contributed by atoms with Gasteiger partial charge in [0.05, 0.1) is 5.69 Å². The topological polar surface area (TPSA) is 61.0 Å². The predicted octanol–water partition coefficient (Wildman–Crippen LogP) is 3.50. The van der Waals surface area contributed by atoms with Crippen LogP contribution >= 0.6 is 0 Å². The Labute approximate surface area is 118 Å². The molecule has 2 aromatic rings. The van der Waals surface area contributed by atoms with Crippen LogP contribution < -0.4 is 10.5 Å². The molecule has 1 aliphatic carbocycles. The van der Waals surface area contributed by atoms with E-state index in [9.17, 15) is 13.2 Å². The minimum Gasteiger partial charge on any atom is -0.405 e. The number of anilines is 1. The van der Waals surface area contributed by atoms with E-state index in [1.165, 1.54) is 24.3 Å². The van der Waals surface area contributed by atoms with Gasteiger partial charge in [0.15, 0.2) is 0 Å². The zero-order chi connectivity index (χ0) is 15.0. The summed E-state index contributed by atoms with van der Waals surface area (Å²) in [7, 11) is 0. The fraction of sp³-hybridized carbons (Fsp3) is 0.286. The monoisotopic (exact) mass is 295 g/mol. The zero-order valence-electron chi connectivity index (χ0n) is 10.9. The van der Waals surface area contributed by atoms with E-state index in [0.29, 0.717) is 11.5 Å². The molecule has 1 fully saturated rings. The first-order chi connectivity index (χ1) is 9.92. The third-order valence-corrected chi connectivity index (χ3v) is 3.09. The number of alkyl halides is 3. The van der Waals surface area contributed by atoms with Gasteiger partial charge in [-0.1, -0.05) is 12.1 Å². The summed E-state index contributed by atoms with van der Waals surface area (Å²) >= 11 is 0. The molecule has 1 aromatic heterocycles. The number of nitrogens with zero attached hydrogens (tertiary/aromatic N) is 2. The lowest BCUT2D eigenvalue weighted by molar-refractivity contribution is -0.274. The van der Waals surface area contributed by atoms with E-state index >= 15 is 0 Å². The van der Waals surface area contributed by atoms with E-state index in [4.69, 9.17) is 5.73 Å². The van der Waals surface area contributed by atoms with Crippen LogP contribution in [0.2, 0.25) is 0 Å². The molecule has 0 radical (unpaired) electrons. The van der Waals surface area contributed by atoms with Crippen molar-refractivity contribution in [2.24, 2.45) is 0 Å². The number of hydrogen-bond donors (Lipinski definition) is 1. The Morgan fingerprint density at radius 3 is 2.52 bits per heavy atom. The highest BCUT2D eigenvalue weighted by Gasteiger charge is 2.33. The molecule has 1 saturated carbocycles. The molecule has 21 heavy (non-hydrogen) atoms. The average Bonchev–Trinajstić information content (AvgIpc) is 3.21. The Balaban J connectivity index is 2.04. The molecule has 2 N–H and O–H groups in total. The lowest BCUT2D eigenvalue weighted by atomic mass is 10.1. The molecule has 1 aliphatic rings. The smallest absolute Gasteiger partial charge is 0.405 e. The van der Waals surface area contributed by atoms with Gasteiger partial charge >= 0.3 is 6.36 Å². The molecule has 7 heteroatoms. The summed E-state index contributed by atoms with van der Waals surface area (Å²) in [5.74, 6) is 0.767. The molecule has 1 aromatic carbocycles. The van der Waals surface area contributed by atoms with Crippen LogP contribution in [0.25, 0.3) is 11.3 Å². The van der Waals surface area contributed by atoms with Crippen LogP contribution in [-0.2, 0) is 0 Å². The SMILES string of the molecule is Nc1cc(-c2ccccc2OC(F)(F)F)nc(C2CC2)n1. The van der Waals surface area contributed by atoms with Crippen molar-refractivity contribution < 1.29 is 17.9 Å². The number of nitrogens with two attached hydrogens (primary N) is 1. The van der Waals surface area contributed by atoms with Gasteiger partial charge < -0.3 is 10.5 Å². The number of nitrogen functional groups attached to an aromatic ring is 1. The van der Waals surface area contributed by atoms with Crippen molar-refractivity contribution in [1.29, 1.82) is 0 Å². The summed E-state index contributed by atoms with van der Waals surface area (Å²) in [6, 6.07) is 7.30. The van der Waals surface area contributed by atoms with E-state index < -0.39 is 6.36 Å². The van der Waals surface area contributed by atoms with Gasteiger partial charge in [-0.15, -0.1) is 13.2 Å². The maximum absolute atomic E-state index is 12.5. The molecule has 0 atom stereocenters. The van der Waals surface area contributed by atoms with Crippen LogP contribution in [0, 0.1) is 0 Å². The Hall–Kier alpha value is -2.31. The van der Waals surface area contributed by atoms with E-state index in [0.717, 1.165) is 12.8 Å². The third-order valence-electron chi connectivity index (χ3n) is 3.09. The summed E-state index contributed by atoms with van der Waals surface area (Å²) in [4.78, 5) is 8.45. The molecule has 110 valence electrons. The van der Waals surface area contributed by atoms with Crippen molar-refractivity contribution in [3.63, 3.8) is 0 Å². The summed E-state index contributed by atoms with van der Waals surface area (Å²) < 4.78 is 41.4. The molecule has 0 saturated heterocycles. The van der Waals surface area contributed by atoms with Gasteiger partial charge in [0.1, 0.15) is 17.4 Å². The van der Waals surface area contributed by atoms with Gasteiger partial charge in [-0.3, -0.25) is 0 Å². The van der Waals surface area contributed by atoms with Gasteiger partial charge in [0.2, 0.25) is 0 Å². The first-order valence-corrected chi connectivity index (χ1v) is 6.42. The lowest BCUT2D eigenvalue weighted by Gasteiger charge is -2.13. The number of hydrogen-bond acceptors (Lipinski definition) is 4. The first kappa shape index (κ1) is 13.7. The highest BCUT2D eigenvalue weighted by molar-refractivity contribution is 5.69. The maximum Gasteiger partial charge on any atom is 0.573 e. The van der Waals surface area contributed by atoms with Gasteiger partial charge in [0.25, 0.3) is 0 Å². The Morgan fingerprint density at radius 2 is 1.86 bits per heavy atom. The minimum absolute atomic E-state index is 0.240. The molecular formula is C14H12F3N3O. The van der Waals surface area contributed by atoms with Crippen molar-refractivity contribution in [2.45, 2.75) is 25.1 Å². The first-order valence-electron chi connectivity index (χ1n) is 6.42.